The van der Waals surface area contributed by atoms with Gasteiger partial charge in [-0.05, 0) is 24.1 Å². The second kappa shape index (κ2) is 9.60. The third kappa shape index (κ3) is 6.33. The van der Waals surface area contributed by atoms with Gasteiger partial charge in [0, 0.05) is 32.7 Å². The second-order valence-corrected chi connectivity index (χ2v) is 4.97. The van der Waals surface area contributed by atoms with E-state index in [2.05, 4.69) is 15.5 Å². The molecule has 5 nitrogen and oxygen atoms in total. The molecular weight excluding hydrogens is 290 g/mol. The minimum Gasteiger partial charge on any atom is -0.497 e. The highest BCUT2D eigenvalue weighted by atomic mass is 35.5. The van der Waals surface area contributed by atoms with Crippen LogP contribution in [-0.4, -0.2) is 57.2 Å². The Bertz CT molecular complexity index is 419. The highest BCUT2D eigenvalue weighted by Crippen LogP contribution is 2.11. The van der Waals surface area contributed by atoms with Crippen molar-refractivity contribution in [2.24, 2.45) is 0 Å². The van der Waals surface area contributed by atoms with Crippen LogP contribution in [0.4, 0.5) is 0 Å². The molecule has 1 aromatic rings. The summed E-state index contributed by atoms with van der Waals surface area (Å²) in [6, 6.07) is 7.94. The fraction of sp³-hybridized carbons (Fsp3) is 0.533. The highest BCUT2D eigenvalue weighted by Gasteiger charge is 2.12. The number of rotatable bonds is 6. The molecule has 0 saturated carbocycles. The number of hydrogen-bond donors (Lipinski definition) is 2. The number of nitrogens with one attached hydrogen (secondary N) is 2. The molecule has 1 amide bonds. The van der Waals surface area contributed by atoms with Crippen LogP contribution < -0.4 is 15.4 Å². The molecule has 0 aromatic heterocycles. The number of halogens is 1. The van der Waals surface area contributed by atoms with Crippen LogP contribution in [0.1, 0.15) is 5.56 Å². The molecule has 6 heteroatoms. The summed E-state index contributed by atoms with van der Waals surface area (Å²) in [6.07, 6.45) is 0.845. The Hall–Kier alpha value is -1.30. The summed E-state index contributed by atoms with van der Waals surface area (Å²) in [6.45, 7) is 5.03. The van der Waals surface area contributed by atoms with Crippen LogP contribution in [0, 0.1) is 0 Å². The summed E-state index contributed by atoms with van der Waals surface area (Å²) >= 11 is 0. The Morgan fingerprint density at radius 2 is 1.95 bits per heavy atom. The van der Waals surface area contributed by atoms with E-state index in [-0.39, 0.29) is 18.3 Å². The number of amides is 1. The molecule has 1 aliphatic rings. The van der Waals surface area contributed by atoms with Crippen molar-refractivity contribution in [2.75, 3.05) is 46.4 Å². The standard InChI is InChI=1S/C15H23N3O2.ClH/c1-20-14-4-2-13(3-5-14)6-7-17-15(19)12-18-10-8-16-9-11-18;/h2-5,16H,6-12H2,1H3,(H,17,19);1H. The van der Waals surface area contributed by atoms with E-state index in [4.69, 9.17) is 4.74 Å². The maximum absolute atomic E-state index is 11.8. The van der Waals surface area contributed by atoms with Gasteiger partial charge in [0.2, 0.25) is 5.91 Å². The van der Waals surface area contributed by atoms with Crippen molar-refractivity contribution in [2.45, 2.75) is 6.42 Å². The van der Waals surface area contributed by atoms with Gasteiger partial charge in [0.25, 0.3) is 0 Å². The molecule has 0 spiro atoms. The maximum atomic E-state index is 11.8. The molecule has 21 heavy (non-hydrogen) atoms. The molecule has 0 radical (unpaired) electrons. The van der Waals surface area contributed by atoms with E-state index < -0.39 is 0 Å². The van der Waals surface area contributed by atoms with Gasteiger partial charge in [0.1, 0.15) is 5.75 Å². The molecule has 1 aromatic carbocycles. The summed E-state index contributed by atoms with van der Waals surface area (Å²) < 4.78 is 5.12. The zero-order valence-electron chi connectivity index (χ0n) is 12.4. The van der Waals surface area contributed by atoms with Crippen molar-refractivity contribution >= 4 is 18.3 Å². The normalized spacial score (nSPS) is 15.1. The quantitative estimate of drug-likeness (QED) is 0.811. The van der Waals surface area contributed by atoms with Crippen LogP contribution in [0.2, 0.25) is 0 Å². The molecule has 0 atom stereocenters. The van der Waals surface area contributed by atoms with Gasteiger partial charge < -0.3 is 15.4 Å². The number of benzene rings is 1. The lowest BCUT2D eigenvalue weighted by Gasteiger charge is -2.26. The second-order valence-electron chi connectivity index (χ2n) is 4.97. The first-order valence-corrected chi connectivity index (χ1v) is 7.10. The number of hydrogen-bond acceptors (Lipinski definition) is 4. The van der Waals surface area contributed by atoms with Gasteiger partial charge in [-0.3, -0.25) is 9.69 Å². The van der Waals surface area contributed by atoms with Crippen LogP contribution >= 0.6 is 12.4 Å². The summed E-state index contributed by atoms with van der Waals surface area (Å²) in [5, 5.41) is 6.25. The molecule has 2 rings (SSSR count). The topological polar surface area (TPSA) is 53.6 Å². The molecular formula is C15H24ClN3O2. The molecule has 1 saturated heterocycles. The first-order valence-electron chi connectivity index (χ1n) is 7.10. The largest absolute Gasteiger partial charge is 0.497 e. The summed E-state index contributed by atoms with van der Waals surface area (Å²) in [4.78, 5) is 14.0. The number of carbonyl (C=O) groups is 1. The molecule has 0 unspecified atom stereocenters. The third-order valence-electron chi connectivity index (χ3n) is 3.47. The molecule has 0 aliphatic carbocycles. The van der Waals surface area contributed by atoms with Gasteiger partial charge in [0.15, 0.2) is 0 Å². The van der Waals surface area contributed by atoms with Crippen molar-refractivity contribution < 1.29 is 9.53 Å². The summed E-state index contributed by atoms with van der Waals surface area (Å²) in [5.74, 6) is 0.969. The van der Waals surface area contributed by atoms with E-state index in [1.165, 1.54) is 5.56 Å². The Kier molecular flexibility index (Phi) is 8.12. The number of piperazine rings is 1. The van der Waals surface area contributed by atoms with E-state index in [0.717, 1.165) is 38.3 Å². The monoisotopic (exact) mass is 313 g/mol. The molecule has 1 fully saturated rings. The number of methoxy groups -OCH3 is 1. The molecule has 0 bridgehead atoms. The van der Waals surface area contributed by atoms with Crippen molar-refractivity contribution in [3.8, 4) is 5.75 Å². The lowest BCUT2D eigenvalue weighted by Crippen LogP contribution is -2.47. The zero-order chi connectivity index (χ0) is 14.2. The lowest BCUT2D eigenvalue weighted by atomic mass is 10.1. The van der Waals surface area contributed by atoms with Crippen molar-refractivity contribution in [1.29, 1.82) is 0 Å². The first-order chi connectivity index (χ1) is 9.78. The number of carbonyl (C=O) groups excluding carboxylic acids is 1. The van der Waals surface area contributed by atoms with Gasteiger partial charge in [0.05, 0.1) is 13.7 Å². The number of ether oxygens (including phenoxy) is 1. The Morgan fingerprint density at radius 1 is 1.29 bits per heavy atom. The van der Waals surface area contributed by atoms with E-state index in [0.29, 0.717) is 13.1 Å². The highest BCUT2D eigenvalue weighted by molar-refractivity contribution is 5.85. The smallest absolute Gasteiger partial charge is 0.234 e. The summed E-state index contributed by atoms with van der Waals surface area (Å²) in [5.41, 5.74) is 1.20. The lowest BCUT2D eigenvalue weighted by molar-refractivity contribution is -0.122. The van der Waals surface area contributed by atoms with Crippen molar-refractivity contribution in [3.05, 3.63) is 29.8 Å². The van der Waals surface area contributed by atoms with E-state index >= 15 is 0 Å². The molecule has 1 heterocycles. The van der Waals surface area contributed by atoms with Crippen LogP contribution in [0.15, 0.2) is 24.3 Å². The number of nitrogens with zero attached hydrogens (tertiary/aromatic N) is 1. The zero-order valence-corrected chi connectivity index (χ0v) is 13.2. The fourth-order valence-corrected chi connectivity index (χ4v) is 2.27. The predicted molar refractivity (Wildman–Crippen MR) is 86.3 cm³/mol. The predicted octanol–water partition coefficient (Wildman–Crippen LogP) is 0.681. The van der Waals surface area contributed by atoms with Crippen molar-refractivity contribution in [1.82, 2.24) is 15.5 Å². The first kappa shape index (κ1) is 17.8. The minimum absolute atomic E-state index is 0. The van der Waals surface area contributed by atoms with Crippen LogP contribution in [0.5, 0.6) is 5.75 Å². The van der Waals surface area contributed by atoms with Crippen LogP contribution in [0.3, 0.4) is 0 Å². The fourth-order valence-electron chi connectivity index (χ4n) is 2.27. The van der Waals surface area contributed by atoms with E-state index in [1.807, 2.05) is 24.3 Å². The summed E-state index contributed by atoms with van der Waals surface area (Å²) in [7, 11) is 1.66. The maximum Gasteiger partial charge on any atom is 0.234 e. The molecule has 1 aliphatic heterocycles. The van der Waals surface area contributed by atoms with E-state index in [1.54, 1.807) is 7.11 Å². The van der Waals surface area contributed by atoms with Crippen LogP contribution in [-0.2, 0) is 11.2 Å². The van der Waals surface area contributed by atoms with Gasteiger partial charge in [-0.2, -0.15) is 0 Å². The third-order valence-corrected chi connectivity index (χ3v) is 3.47. The van der Waals surface area contributed by atoms with Gasteiger partial charge >= 0.3 is 0 Å². The Labute approximate surface area is 132 Å². The van der Waals surface area contributed by atoms with E-state index in [9.17, 15) is 4.79 Å². The van der Waals surface area contributed by atoms with Gasteiger partial charge in [-0.25, -0.2) is 0 Å². The minimum atomic E-state index is 0. The van der Waals surface area contributed by atoms with Crippen LogP contribution in [0.25, 0.3) is 0 Å². The average molecular weight is 314 g/mol. The Morgan fingerprint density at radius 3 is 2.57 bits per heavy atom. The van der Waals surface area contributed by atoms with Gasteiger partial charge in [-0.15, -0.1) is 12.4 Å². The molecule has 2 N–H and O–H groups in total. The SMILES string of the molecule is COc1ccc(CCNC(=O)CN2CCNCC2)cc1.Cl. The average Bonchev–Trinajstić information content (AvgIpc) is 2.49. The molecule has 118 valence electrons. The van der Waals surface area contributed by atoms with Crippen molar-refractivity contribution in [3.63, 3.8) is 0 Å². The Balaban J connectivity index is 0.00000220. The van der Waals surface area contributed by atoms with Gasteiger partial charge in [-0.1, -0.05) is 12.1 Å².